The van der Waals surface area contributed by atoms with Gasteiger partial charge in [-0.05, 0) is 38.6 Å². The first kappa shape index (κ1) is 25.7. The number of hydrogen-bond donors (Lipinski definition) is 2. The summed E-state index contributed by atoms with van der Waals surface area (Å²) in [6, 6.07) is -0.429. The number of rotatable bonds is 6. The molecule has 2 aliphatic carbocycles. The van der Waals surface area contributed by atoms with E-state index < -0.39 is 24.2 Å². The van der Waals surface area contributed by atoms with E-state index in [-0.39, 0.29) is 47.9 Å². The van der Waals surface area contributed by atoms with Crippen molar-refractivity contribution in [3.05, 3.63) is 11.8 Å². The Bertz CT molecular complexity index is 898. The molecule has 0 aromatic carbocycles. The summed E-state index contributed by atoms with van der Waals surface area (Å²) in [4.78, 5) is 33.6. The van der Waals surface area contributed by atoms with Gasteiger partial charge in [0.05, 0.1) is 49.1 Å². The van der Waals surface area contributed by atoms with E-state index in [9.17, 15) is 9.59 Å². The number of carbonyl (C=O) groups is 2. The Morgan fingerprint density at radius 1 is 1.14 bits per heavy atom. The van der Waals surface area contributed by atoms with Crippen molar-refractivity contribution in [1.82, 2.24) is 20.0 Å². The zero-order valence-electron chi connectivity index (χ0n) is 21.7. The first-order valence-electron chi connectivity index (χ1n) is 14.4. The molecule has 8 atom stereocenters. The molecule has 4 aliphatic heterocycles. The molecule has 8 unspecified atom stereocenters. The molecule has 5 fully saturated rings. The Morgan fingerprint density at radius 2 is 1.95 bits per heavy atom. The van der Waals surface area contributed by atoms with E-state index in [4.69, 9.17) is 15.2 Å². The number of nitrogens with one attached hydrogen (secondary N) is 1. The summed E-state index contributed by atoms with van der Waals surface area (Å²) < 4.78 is 27.9. The first-order valence-corrected chi connectivity index (χ1v) is 14.4. The predicted molar refractivity (Wildman–Crippen MR) is 135 cm³/mol. The fraction of sp³-hybridized carbons (Fsp3) is 0.852. The molecule has 4 heterocycles. The number of ketones is 1. The zero-order valence-corrected chi connectivity index (χ0v) is 21.7. The highest BCUT2D eigenvalue weighted by Gasteiger charge is 2.59. The van der Waals surface area contributed by atoms with E-state index in [1.165, 1.54) is 0 Å². The minimum absolute atomic E-state index is 0.00186. The smallest absolute Gasteiger partial charge is 0.256 e. The van der Waals surface area contributed by atoms with Gasteiger partial charge in [0, 0.05) is 50.9 Å². The second-order valence-electron chi connectivity index (χ2n) is 11.8. The molecular weight excluding hydrogens is 477 g/mol. The van der Waals surface area contributed by atoms with Crippen LogP contribution in [0.15, 0.2) is 11.8 Å². The van der Waals surface area contributed by atoms with Crippen molar-refractivity contribution in [2.75, 3.05) is 52.5 Å². The minimum atomic E-state index is -1.18. The van der Waals surface area contributed by atoms with Crippen molar-refractivity contribution in [3.8, 4) is 0 Å². The first-order chi connectivity index (χ1) is 18.0. The highest BCUT2D eigenvalue weighted by molar-refractivity contribution is 6.20. The lowest BCUT2D eigenvalue weighted by atomic mass is 9.69. The molecule has 6 aliphatic rings. The van der Waals surface area contributed by atoms with Crippen molar-refractivity contribution in [3.63, 3.8) is 0 Å². The second-order valence-corrected chi connectivity index (χ2v) is 11.8. The average molecular weight is 520 g/mol. The van der Waals surface area contributed by atoms with Crippen molar-refractivity contribution in [2.24, 2.45) is 11.7 Å². The molecular formula is C27H42FN5O4. The fourth-order valence-electron chi connectivity index (χ4n) is 7.67. The van der Waals surface area contributed by atoms with Crippen LogP contribution in [0.3, 0.4) is 0 Å². The molecule has 2 saturated carbocycles. The molecule has 206 valence electrons. The van der Waals surface area contributed by atoms with Gasteiger partial charge in [0.2, 0.25) is 0 Å². The van der Waals surface area contributed by atoms with E-state index in [1.807, 2.05) is 6.20 Å². The van der Waals surface area contributed by atoms with Gasteiger partial charge in [-0.25, -0.2) is 4.39 Å². The summed E-state index contributed by atoms with van der Waals surface area (Å²) in [6.45, 7) is 6.15. The third kappa shape index (κ3) is 4.95. The lowest BCUT2D eigenvalue weighted by Crippen LogP contribution is -2.73. The lowest BCUT2D eigenvalue weighted by molar-refractivity contribution is -0.209. The van der Waals surface area contributed by atoms with Gasteiger partial charge in [-0.3, -0.25) is 19.4 Å². The fourth-order valence-corrected chi connectivity index (χ4v) is 7.67. The molecule has 0 aromatic heterocycles. The van der Waals surface area contributed by atoms with Crippen LogP contribution in [0.4, 0.5) is 4.39 Å². The van der Waals surface area contributed by atoms with Crippen LogP contribution in [0.5, 0.6) is 0 Å². The number of carbonyl (C=O) groups excluding carboxylic acids is 2. The minimum Gasteiger partial charge on any atom is -0.379 e. The number of nitrogens with zero attached hydrogens (tertiary/aromatic N) is 3. The number of fused-ring (bicyclic) bond motifs is 2. The lowest BCUT2D eigenvalue weighted by Gasteiger charge is -2.60. The molecule has 0 aromatic rings. The number of likely N-dealkylation sites (tertiary alicyclic amines) is 1. The third-order valence-electron chi connectivity index (χ3n) is 9.51. The second kappa shape index (κ2) is 10.9. The number of Topliss-reactive ketones (excluding diaryl/α,β-unsaturated/α-hetero) is 1. The summed E-state index contributed by atoms with van der Waals surface area (Å²) in [5.41, 5.74) is 6.36. The largest absolute Gasteiger partial charge is 0.379 e. The van der Waals surface area contributed by atoms with Crippen LogP contribution in [0.2, 0.25) is 0 Å². The highest BCUT2D eigenvalue weighted by Crippen LogP contribution is 2.47. The molecule has 0 radical (unpaired) electrons. The summed E-state index contributed by atoms with van der Waals surface area (Å²) >= 11 is 0. The van der Waals surface area contributed by atoms with E-state index >= 15 is 4.39 Å². The Balaban J connectivity index is 1.20. The maximum Gasteiger partial charge on any atom is 0.256 e. The van der Waals surface area contributed by atoms with Crippen LogP contribution in [-0.4, -0.2) is 121 Å². The van der Waals surface area contributed by atoms with E-state index in [1.54, 1.807) is 0 Å². The van der Waals surface area contributed by atoms with Crippen LogP contribution < -0.4 is 11.1 Å². The topological polar surface area (TPSA) is 100 Å². The van der Waals surface area contributed by atoms with E-state index in [0.29, 0.717) is 13.1 Å². The van der Waals surface area contributed by atoms with Gasteiger partial charge in [-0.1, -0.05) is 12.8 Å². The summed E-state index contributed by atoms with van der Waals surface area (Å²) in [6.07, 6.45) is 6.14. The molecule has 6 rings (SSSR count). The van der Waals surface area contributed by atoms with Crippen LogP contribution in [0.25, 0.3) is 0 Å². The SMILES string of the molecule is NC1CCN(C2C(F)CC3C(=O)C(C(=O)NCCCN4CCOCC4)=CN4C5CCCCC5OC2C34)C1. The Morgan fingerprint density at radius 3 is 2.73 bits per heavy atom. The summed E-state index contributed by atoms with van der Waals surface area (Å²) in [5.74, 6) is -1.12. The number of hydrogen-bond acceptors (Lipinski definition) is 8. The zero-order chi connectivity index (χ0) is 25.5. The van der Waals surface area contributed by atoms with Crippen LogP contribution in [0.1, 0.15) is 44.9 Å². The van der Waals surface area contributed by atoms with Crippen LogP contribution in [0, 0.1) is 5.92 Å². The molecule has 9 nitrogen and oxygen atoms in total. The van der Waals surface area contributed by atoms with Gasteiger partial charge in [0.1, 0.15) is 6.17 Å². The molecule has 37 heavy (non-hydrogen) atoms. The number of ether oxygens (including phenoxy) is 2. The van der Waals surface area contributed by atoms with E-state index in [0.717, 1.165) is 77.9 Å². The van der Waals surface area contributed by atoms with Gasteiger partial charge in [0.15, 0.2) is 5.78 Å². The Labute approximate surface area is 218 Å². The normalized spacial score (nSPS) is 40.6. The molecule has 3 saturated heterocycles. The Kier molecular flexibility index (Phi) is 7.55. The van der Waals surface area contributed by atoms with Gasteiger partial charge >= 0.3 is 0 Å². The number of alkyl halides is 1. The van der Waals surface area contributed by atoms with E-state index in [2.05, 4.69) is 20.0 Å². The quantitative estimate of drug-likeness (QED) is 0.385. The van der Waals surface area contributed by atoms with Gasteiger partial charge < -0.3 is 25.4 Å². The van der Waals surface area contributed by atoms with Crippen molar-refractivity contribution in [2.45, 2.75) is 87.5 Å². The number of amides is 1. The van der Waals surface area contributed by atoms with Crippen LogP contribution >= 0.6 is 0 Å². The number of nitrogens with two attached hydrogens (primary N) is 1. The number of halogens is 1. The summed E-state index contributed by atoms with van der Waals surface area (Å²) in [5, 5.41) is 2.97. The molecule has 1 amide bonds. The van der Waals surface area contributed by atoms with Gasteiger partial charge in [-0.2, -0.15) is 0 Å². The average Bonchev–Trinajstić information content (AvgIpc) is 3.34. The summed E-state index contributed by atoms with van der Waals surface area (Å²) in [7, 11) is 0. The maximum absolute atomic E-state index is 15.9. The number of morpholine rings is 2. The van der Waals surface area contributed by atoms with Crippen molar-refractivity contribution >= 4 is 11.7 Å². The highest BCUT2D eigenvalue weighted by atomic mass is 19.1. The maximum atomic E-state index is 15.9. The van der Waals surface area contributed by atoms with Crippen molar-refractivity contribution in [1.29, 1.82) is 0 Å². The van der Waals surface area contributed by atoms with Crippen LogP contribution in [-0.2, 0) is 19.1 Å². The molecule has 10 heteroatoms. The predicted octanol–water partition coefficient (Wildman–Crippen LogP) is 0.432. The standard InChI is InChI=1S/C27H42FN5O4/c28-20-14-18-23-26(24(20)32-9-6-17(29)15-32)37-22-5-2-1-4-21(22)33(23)16-19(25(18)34)27(35)30-7-3-8-31-10-12-36-13-11-31/h16-18,20-24,26H,1-15,29H2,(H,30,35). The molecule has 0 spiro atoms. The van der Waals surface area contributed by atoms with Gasteiger partial charge in [0.25, 0.3) is 5.91 Å². The molecule has 0 bridgehead atoms. The van der Waals surface area contributed by atoms with Crippen molar-refractivity contribution < 1.29 is 23.5 Å². The molecule has 3 N–H and O–H groups in total. The monoisotopic (exact) mass is 519 g/mol. The van der Waals surface area contributed by atoms with Gasteiger partial charge in [-0.15, -0.1) is 0 Å². The third-order valence-corrected chi connectivity index (χ3v) is 9.51. The Hall–Kier alpha value is -1.59.